The molecule has 0 saturated heterocycles. The lowest BCUT2D eigenvalue weighted by atomic mass is 9.93. The van der Waals surface area contributed by atoms with Crippen molar-refractivity contribution in [3.8, 4) is 0 Å². The number of nitrogens with zero attached hydrogens (tertiary/aromatic N) is 2. The molecule has 0 radical (unpaired) electrons. The lowest BCUT2D eigenvalue weighted by molar-refractivity contribution is 0.0976. The highest BCUT2D eigenvalue weighted by molar-refractivity contribution is 6.05. The van der Waals surface area contributed by atoms with Crippen LogP contribution in [0.15, 0.2) is 28.8 Å². The topological polar surface area (TPSA) is 72.4 Å². The zero-order valence-corrected chi connectivity index (χ0v) is 13.2. The van der Waals surface area contributed by atoms with Crippen LogP contribution in [0.4, 0.5) is 11.4 Å². The average molecular weight is 299 g/mol. The van der Waals surface area contributed by atoms with Crippen molar-refractivity contribution >= 4 is 17.3 Å². The molecule has 3 rings (SSSR count). The van der Waals surface area contributed by atoms with Gasteiger partial charge in [-0.2, -0.15) is 0 Å². The first-order chi connectivity index (χ1) is 10.4. The van der Waals surface area contributed by atoms with Crippen molar-refractivity contribution in [3.05, 3.63) is 41.3 Å². The third kappa shape index (κ3) is 2.47. The number of aromatic nitrogens is 1. The minimum absolute atomic E-state index is 0.134. The fourth-order valence-corrected chi connectivity index (χ4v) is 2.73. The van der Waals surface area contributed by atoms with Crippen LogP contribution in [0.1, 0.15) is 49.0 Å². The van der Waals surface area contributed by atoms with Gasteiger partial charge in [0.1, 0.15) is 5.76 Å². The van der Waals surface area contributed by atoms with E-state index in [0.717, 1.165) is 29.8 Å². The number of rotatable bonds is 1. The maximum absolute atomic E-state index is 12.8. The molecule has 1 aliphatic heterocycles. The molecular weight excluding hydrogens is 278 g/mol. The zero-order chi connectivity index (χ0) is 15.9. The second-order valence-electron chi connectivity index (χ2n) is 6.73. The molecule has 0 saturated carbocycles. The van der Waals surface area contributed by atoms with Crippen LogP contribution in [0.25, 0.3) is 0 Å². The molecule has 0 bridgehead atoms. The second kappa shape index (κ2) is 5.16. The van der Waals surface area contributed by atoms with E-state index in [1.165, 1.54) is 0 Å². The van der Waals surface area contributed by atoms with Crippen molar-refractivity contribution in [2.75, 3.05) is 17.2 Å². The van der Waals surface area contributed by atoms with Crippen LogP contribution >= 0.6 is 0 Å². The summed E-state index contributed by atoms with van der Waals surface area (Å²) in [5, 5.41) is 3.96. The summed E-state index contributed by atoms with van der Waals surface area (Å²) in [6.07, 6.45) is 1.80. The van der Waals surface area contributed by atoms with Crippen molar-refractivity contribution in [1.29, 1.82) is 0 Å². The highest BCUT2D eigenvalue weighted by Crippen LogP contribution is 2.32. The van der Waals surface area contributed by atoms with Gasteiger partial charge in [0.15, 0.2) is 5.69 Å². The van der Waals surface area contributed by atoms with Crippen molar-refractivity contribution in [1.82, 2.24) is 5.16 Å². The van der Waals surface area contributed by atoms with Gasteiger partial charge in [-0.3, -0.25) is 4.79 Å². The van der Waals surface area contributed by atoms with E-state index in [1.54, 1.807) is 11.0 Å². The third-order valence-electron chi connectivity index (χ3n) is 4.00. The Hall–Kier alpha value is -2.30. The van der Waals surface area contributed by atoms with Gasteiger partial charge in [-0.25, -0.2) is 0 Å². The summed E-state index contributed by atoms with van der Waals surface area (Å²) in [6.45, 7) is 6.75. The number of hydrogen-bond donors (Lipinski definition) is 1. The molecule has 0 fully saturated rings. The lowest BCUT2D eigenvalue weighted by Gasteiger charge is -2.29. The number of amides is 1. The van der Waals surface area contributed by atoms with Gasteiger partial charge in [0.25, 0.3) is 5.91 Å². The summed E-state index contributed by atoms with van der Waals surface area (Å²) in [4.78, 5) is 14.5. The molecule has 22 heavy (non-hydrogen) atoms. The SMILES string of the molecule is CC(C)(C)c1cc(C(=O)N2CCCc3c(N)cccc32)no1. The van der Waals surface area contributed by atoms with Gasteiger partial charge in [-0.05, 0) is 30.5 Å². The van der Waals surface area contributed by atoms with Crippen LogP contribution in [-0.2, 0) is 11.8 Å². The normalized spacial score (nSPS) is 14.8. The largest absolute Gasteiger partial charge is 0.398 e. The highest BCUT2D eigenvalue weighted by atomic mass is 16.5. The fourth-order valence-electron chi connectivity index (χ4n) is 2.73. The Bertz CT molecular complexity index is 713. The number of hydrogen-bond acceptors (Lipinski definition) is 4. The Kier molecular flexibility index (Phi) is 3.43. The smallest absolute Gasteiger partial charge is 0.280 e. The molecule has 2 aromatic rings. The Morgan fingerprint density at radius 1 is 1.36 bits per heavy atom. The van der Waals surface area contributed by atoms with E-state index in [1.807, 2.05) is 39.0 Å². The highest BCUT2D eigenvalue weighted by Gasteiger charge is 2.28. The molecule has 5 heteroatoms. The van der Waals surface area contributed by atoms with Gasteiger partial charge >= 0.3 is 0 Å². The van der Waals surface area contributed by atoms with Gasteiger partial charge in [0.2, 0.25) is 0 Å². The van der Waals surface area contributed by atoms with E-state index < -0.39 is 0 Å². The third-order valence-corrected chi connectivity index (χ3v) is 4.00. The van der Waals surface area contributed by atoms with Gasteiger partial charge in [0, 0.05) is 29.4 Å². The van der Waals surface area contributed by atoms with Crippen LogP contribution in [0.2, 0.25) is 0 Å². The zero-order valence-electron chi connectivity index (χ0n) is 13.2. The molecule has 2 heterocycles. The van der Waals surface area contributed by atoms with Crippen molar-refractivity contribution < 1.29 is 9.32 Å². The molecular formula is C17H21N3O2. The number of carbonyl (C=O) groups is 1. The number of fused-ring (bicyclic) bond motifs is 1. The van der Waals surface area contributed by atoms with Crippen molar-refractivity contribution in [3.63, 3.8) is 0 Å². The van der Waals surface area contributed by atoms with E-state index in [-0.39, 0.29) is 11.3 Å². The first-order valence-electron chi connectivity index (χ1n) is 7.54. The van der Waals surface area contributed by atoms with Crippen molar-refractivity contribution in [2.45, 2.75) is 39.0 Å². The van der Waals surface area contributed by atoms with Crippen molar-refractivity contribution in [2.24, 2.45) is 0 Å². The standard InChI is InChI=1S/C17H21N3O2/c1-17(2,3)15-10-13(19-22-15)16(21)20-9-5-6-11-12(18)7-4-8-14(11)20/h4,7-8,10H,5-6,9,18H2,1-3H3. The summed E-state index contributed by atoms with van der Waals surface area (Å²) in [6, 6.07) is 7.43. The molecule has 0 atom stereocenters. The first-order valence-corrected chi connectivity index (χ1v) is 7.54. The Labute approximate surface area is 130 Å². The number of benzene rings is 1. The molecule has 1 amide bonds. The second-order valence-corrected chi connectivity index (χ2v) is 6.73. The molecule has 116 valence electrons. The van der Waals surface area contributed by atoms with Crippen LogP contribution in [0.3, 0.4) is 0 Å². The Balaban J connectivity index is 1.94. The first kappa shape index (κ1) is 14.6. The number of nitrogens with two attached hydrogens (primary N) is 1. The number of carbonyl (C=O) groups excluding carboxylic acids is 1. The monoisotopic (exact) mass is 299 g/mol. The van der Waals surface area contributed by atoms with Crippen LogP contribution in [0, 0.1) is 0 Å². The Morgan fingerprint density at radius 3 is 2.82 bits per heavy atom. The summed E-state index contributed by atoms with van der Waals surface area (Å²) in [5.74, 6) is 0.575. The molecule has 2 N–H and O–H groups in total. The quantitative estimate of drug-likeness (QED) is 0.821. The molecule has 0 unspecified atom stereocenters. The van der Waals surface area contributed by atoms with Gasteiger partial charge in [-0.15, -0.1) is 0 Å². The summed E-state index contributed by atoms with van der Waals surface area (Å²) >= 11 is 0. The minimum atomic E-state index is -0.171. The molecule has 0 aliphatic carbocycles. The summed E-state index contributed by atoms with van der Waals surface area (Å²) in [7, 11) is 0. The molecule has 5 nitrogen and oxygen atoms in total. The lowest BCUT2D eigenvalue weighted by Crippen LogP contribution is -2.36. The molecule has 1 aromatic heterocycles. The molecule has 0 spiro atoms. The number of anilines is 2. The predicted molar refractivity (Wildman–Crippen MR) is 86.1 cm³/mol. The fraction of sp³-hybridized carbons (Fsp3) is 0.412. The predicted octanol–water partition coefficient (Wildman–Crippen LogP) is 3.15. The molecule has 1 aliphatic rings. The summed E-state index contributed by atoms with van der Waals surface area (Å²) < 4.78 is 5.33. The van der Waals surface area contributed by atoms with E-state index >= 15 is 0 Å². The molecule has 1 aromatic carbocycles. The maximum atomic E-state index is 12.8. The van der Waals surface area contributed by atoms with Gasteiger partial charge < -0.3 is 15.2 Å². The van der Waals surface area contributed by atoms with E-state index in [4.69, 9.17) is 10.3 Å². The van der Waals surface area contributed by atoms with Crippen LogP contribution in [-0.4, -0.2) is 17.6 Å². The van der Waals surface area contributed by atoms with Gasteiger partial charge in [0.05, 0.1) is 0 Å². The maximum Gasteiger partial charge on any atom is 0.280 e. The van der Waals surface area contributed by atoms with E-state index in [2.05, 4.69) is 5.16 Å². The Morgan fingerprint density at radius 2 is 2.14 bits per heavy atom. The summed E-state index contributed by atoms with van der Waals surface area (Å²) in [5.41, 5.74) is 8.88. The minimum Gasteiger partial charge on any atom is -0.398 e. The average Bonchev–Trinajstić information content (AvgIpc) is 2.96. The number of nitrogen functional groups attached to an aromatic ring is 1. The van der Waals surface area contributed by atoms with E-state index in [9.17, 15) is 4.79 Å². The van der Waals surface area contributed by atoms with Crippen LogP contribution < -0.4 is 10.6 Å². The van der Waals surface area contributed by atoms with E-state index in [0.29, 0.717) is 18.0 Å². The van der Waals surface area contributed by atoms with Crippen LogP contribution in [0.5, 0.6) is 0 Å². The van der Waals surface area contributed by atoms with Gasteiger partial charge in [-0.1, -0.05) is 32.0 Å².